The third-order valence-corrected chi connectivity index (χ3v) is 8.10. The molecule has 3 N–H and O–H groups in total. The number of rotatable bonds is 3. The summed E-state index contributed by atoms with van der Waals surface area (Å²) in [6.07, 6.45) is 3.33. The number of hydrogen-bond acceptors (Lipinski definition) is 9. The van der Waals surface area contributed by atoms with Crippen LogP contribution in [0.1, 0.15) is 92.0 Å². The fraction of sp³-hybridized carbons (Fsp3) is 0.543. The van der Waals surface area contributed by atoms with E-state index in [-0.39, 0.29) is 12.5 Å². The van der Waals surface area contributed by atoms with Gasteiger partial charge in [-0.15, -0.1) is 0 Å². The van der Waals surface area contributed by atoms with Gasteiger partial charge in [-0.25, -0.2) is 10.4 Å². The molecule has 5 bridgehead atoms. The molecule has 4 rings (SSSR count). The van der Waals surface area contributed by atoms with E-state index in [1.54, 1.807) is 67.5 Å². The monoisotopic (exact) mass is 649 g/mol. The predicted octanol–water partition coefficient (Wildman–Crippen LogP) is 3.75. The number of fused-ring (bicyclic) bond motifs is 4. The molecule has 1 saturated heterocycles. The number of carbonyl (C=O) groups excluding carboxylic acids is 5. The van der Waals surface area contributed by atoms with E-state index in [9.17, 15) is 24.0 Å². The van der Waals surface area contributed by atoms with Crippen molar-refractivity contribution < 1.29 is 33.4 Å². The number of ether oxygens (including phenoxy) is 2. The van der Waals surface area contributed by atoms with Gasteiger partial charge in [-0.05, 0) is 78.0 Å². The summed E-state index contributed by atoms with van der Waals surface area (Å²) in [5, 5.41) is 7.68. The highest BCUT2D eigenvalue weighted by molar-refractivity contribution is 5.95. The summed E-state index contributed by atoms with van der Waals surface area (Å²) < 4.78 is 11.3. The average molecular weight is 650 g/mol. The number of esters is 2. The van der Waals surface area contributed by atoms with Gasteiger partial charge < -0.3 is 20.1 Å². The molecule has 1 aromatic carbocycles. The van der Waals surface area contributed by atoms with E-state index < -0.39 is 71.3 Å². The van der Waals surface area contributed by atoms with Gasteiger partial charge in [0.2, 0.25) is 11.8 Å². The van der Waals surface area contributed by atoms with Crippen LogP contribution in [0, 0.1) is 11.3 Å². The normalized spacial score (nSPS) is 24.5. The van der Waals surface area contributed by atoms with Crippen molar-refractivity contribution in [2.24, 2.45) is 11.3 Å². The van der Waals surface area contributed by atoms with E-state index in [2.05, 4.69) is 16.1 Å². The summed E-state index contributed by atoms with van der Waals surface area (Å²) in [6, 6.07) is 6.25. The molecule has 0 radical (unpaired) electrons. The number of amides is 3. The van der Waals surface area contributed by atoms with Crippen LogP contribution in [0.5, 0.6) is 0 Å². The Morgan fingerprint density at radius 2 is 1.81 bits per heavy atom. The first-order valence-corrected chi connectivity index (χ1v) is 16.1. The molecular formula is C35H47N5O7. The van der Waals surface area contributed by atoms with Crippen LogP contribution < -0.4 is 16.1 Å². The van der Waals surface area contributed by atoms with Gasteiger partial charge in [-0.2, -0.15) is 0 Å². The van der Waals surface area contributed by atoms with Gasteiger partial charge in [0.1, 0.15) is 29.8 Å². The minimum absolute atomic E-state index is 0.234. The summed E-state index contributed by atoms with van der Waals surface area (Å²) >= 11 is 0. The van der Waals surface area contributed by atoms with Crippen molar-refractivity contribution in [2.75, 3.05) is 6.54 Å². The molecule has 47 heavy (non-hydrogen) atoms. The molecule has 12 heteroatoms. The number of nitrogens with zero attached hydrogens (tertiary/aromatic N) is 2. The number of pyridine rings is 1. The number of benzene rings is 1. The standard InChI is InChI=1S/C35H47N5O7/c1-20(2)29-30(42)37-27(19-28(41)47-34(4,5)6)31(43)40-17-9-10-25(39-40)32(44)46-21(3)24-14-13-23-12-11-22(18-26(23)36-24)15-16-35(7,8)33(45)38-29/h11-16,18,20-21,25,27,29,39H,9-10,17,19H2,1-8H3,(H,37,42)(H,38,45)/t21-,25?,27+,29+/m1/s1. The molecule has 2 aromatic rings. The SMILES string of the molecule is CC(C)[C@@H]1NC(=O)C(C)(C)C=Cc2ccc3ccc(nc3c2)[C@@H](C)OC(=O)C2CCCN(N2)C(=O)[C@H](CC(=O)OC(C)(C)C)NC1=O. The van der Waals surface area contributed by atoms with E-state index in [1.807, 2.05) is 30.3 Å². The summed E-state index contributed by atoms with van der Waals surface area (Å²) in [5.41, 5.74) is 3.17. The third kappa shape index (κ3) is 9.15. The van der Waals surface area contributed by atoms with Crippen molar-refractivity contribution >= 4 is 46.6 Å². The topological polar surface area (TPSA) is 156 Å². The molecule has 4 atom stereocenters. The molecular weight excluding hydrogens is 602 g/mol. The predicted molar refractivity (Wildman–Crippen MR) is 176 cm³/mol. The van der Waals surface area contributed by atoms with Gasteiger partial charge in [-0.1, -0.05) is 44.2 Å². The summed E-state index contributed by atoms with van der Waals surface area (Å²) in [5.74, 6) is -3.24. The van der Waals surface area contributed by atoms with Crippen LogP contribution in [-0.4, -0.2) is 69.9 Å². The molecule has 0 aliphatic carbocycles. The Balaban J connectivity index is 1.73. The van der Waals surface area contributed by atoms with Crippen LogP contribution in [-0.2, 0) is 33.4 Å². The minimum Gasteiger partial charge on any atom is -0.460 e. The number of carbonyl (C=O) groups is 5. The van der Waals surface area contributed by atoms with E-state index in [0.717, 1.165) is 10.9 Å². The van der Waals surface area contributed by atoms with E-state index in [0.29, 0.717) is 24.1 Å². The fourth-order valence-electron chi connectivity index (χ4n) is 5.35. The number of hydrazine groups is 1. The highest BCUT2D eigenvalue weighted by Crippen LogP contribution is 2.25. The van der Waals surface area contributed by atoms with Crippen LogP contribution in [0.25, 0.3) is 17.0 Å². The Morgan fingerprint density at radius 1 is 1.11 bits per heavy atom. The van der Waals surface area contributed by atoms with Gasteiger partial charge in [0.05, 0.1) is 23.0 Å². The Bertz CT molecular complexity index is 1560. The second-order valence-corrected chi connectivity index (χ2v) is 14.2. The Morgan fingerprint density at radius 3 is 2.49 bits per heavy atom. The van der Waals surface area contributed by atoms with Crippen molar-refractivity contribution in [3.63, 3.8) is 0 Å². The molecule has 0 spiro atoms. The molecule has 0 saturated carbocycles. The van der Waals surface area contributed by atoms with Crippen molar-refractivity contribution in [1.82, 2.24) is 26.1 Å². The van der Waals surface area contributed by atoms with E-state index in [4.69, 9.17) is 14.5 Å². The van der Waals surface area contributed by atoms with Gasteiger partial charge >= 0.3 is 11.9 Å². The zero-order valence-corrected chi connectivity index (χ0v) is 28.5. The molecule has 1 fully saturated rings. The maximum Gasteiger partial charge on any atom is 0.325 e. The molecule has 254 valence electrons. The molecule has 12 nitrogen and oxygen atoms in total. The van der Waals surface area contributed by atoms with Gasteiger partial charge in [0, 0.05) is 11.9 Å². The van der Waals surface area contributed by atoms with Gasteiger partial charge in [0.25, 0.3) is 5.91 Å². The van der Waals surface area contributed by atoms with Crippen molar-refractivity contribution in [3.05, 3.63) is 47.7 Å². The lowest BCUT2D eigenvalue weighted by Gasteiger charge is -2.36. The van der Waals surface area contributed by atoms with Crippen LogP contribution in [0.15, 0.2) is 36.4 Å². The Labute approximate surface area is 276 Å². The van der Waals surface area contributed by atoms with Crippen LogP contribution in [0.3, 0.4) is 0 Å². The summed E-state index contributed by atoms with van der Waals surface area (Å²) in [6.45, 7) is 14.1. The zero-order valence-electron chi connectivity index (χ0n) is 28.5. The third-order valence-electron chi connectivity index (χ3n) is 8.10. The molecule has 3 amide bonds. The van der Waals surface area contributed by atoms with Crippen LogP contribution in [0.2, 0.25) is 0 Å². The van der Waals surface area contributed by atoms with Crippen LogP contribution in [0.4, 0.5) is 0 Å². The average Bonchev–Trinajstić information content (AvgIpc) is 2.99. The van der Waals surface area contributed by atoms with Gasteiger partial charge in [0.15, 0.2) is 0 Å². The molecule has 2 aliphatic rings. The zero-order chi connectivity index (χ0) is 34.7. The molecule has 3 heterocycles. The highest BCUT2D eigenvalue weighted by atomic mass is 16.6. The number of cyclic esters (lactones) is 1. The number of aromatic nitrogens is 1. The van der Waals surface area contributed by atoms with Crippen molar-refractivity contribution in [2.45, 2.75) is 104 Å². The lowest BCUT2D eigenvalue weighted by molar-refractivity contribution is -0.161. The number of nitrogens with one attached hydrogen (secondary N) is 3. The quantitative estimate of drug-likeness (QED) is 0.422. The first-order valence-electron chi connectivity index (χ1n) is 16.1. The molecule has 2 aliphatic heterocycles. The van der Waals surface area contributed by atoms with Crippen LogP contribution >= 0.6 is 0 Å². The second-order valence-electron chi connectivity index (χ2n) is 14.2. The summed E-state index contributed by atoms with van der Waals surface area (Å²) in [4.78, 5) is 72.1. The van der Waals surface area contributed by atoms with Gasteiger partial charge in [-0.3, -0.25) is 29.0 Å². The summed E-state index contributed by atoms with van der Waals surface area (Å²) in [7, 11) is 0. The molecule has 1 unspecified atom stereocenters. The first-order chi connectivity index (χ1) is 21.9. The lowest BCUT2D eigenvalue weighted by atomic mass is 9.89. The van der Waals surface area contributed by atoms with E-state index >= 15 is 0 Å². The highest BCUT2D eigenvalue weighted by Gasteiger charge is 2.38. The van der Waals surface area contributed by atoms with E-state index in [1.165, 1.54) is 5.01 Å². The fourth-order valence-corrected chi connectivity index (χ4v) is 5.35. The second kappa shape index (κ2) is 14.2. The Kier molecular flexibility index (Phi) is 10.7. The maximum absolute atomic E-state index is 13.9. The minimum atomic E-state index is -1.33. The smallest absolute Gasteiger partial charge is 0.325 e. The Hall–Kier alpha value is -4.32. The maximum atomic E-state index is 13.9. The molecule has 1 aromatic heterocycles. The van der Waals surface area contributed by atoms with Crippen molar-refractivity contribution in [3.8, 4) is 0 Å². The number of hydrogen-bond donors (Lipinski definition) is 3. The van der Waals surface area contributed by atoms with Crippen molar-refractivity contribution in [1.29, 1.82) is 0 Å². The lowest BCUT2D eigenvalue weighted by Crippen LogP contribution is -2.62. The first kappa shape index (κ1) is 35.5. The largest absolute Gasteiger partial charge is 0.460 e.